The highest BCUT2D eigenvalue weighted by atomic mass is 32.1. The number of benzene rings is 1. The number of phenols is 1. The van der Waals surface area contributed by atoms with Gasteiger partial charge in [0.15, 0.2) is 0 Å². The molecule has 1 heterocycles. The van der Waals surface area contributed by atoms with E-state index in [1.165, 1.54) is 23.5 Å². The smallest absolute Gasteiger partial charge is 0.251 e. The average Bonchev–Trinajstić information content (AvgIpc) is 2.82. The number of carbonyl (C=O) groups is 1. The predicted molar refractivity (Wildman–Crippen MR) is 65.8 cm³/mol. The summed E-state index contributed by atoms with van der Waals surface area (Å²) in [7, 11) is 0. The third-order valence-corrected chi connectivity index (χ3v) is 2.98. The fourth-order valence-corrected chi connectivity index (χ4v) is 1.82. The maximum atomic E-state index is 11.7. The molecule has 88 valence electrons. The first-order valence-electron chi connectivity index (χ1n) is 4.91. The molecule has 4 N–H and O–H groups in total. The van der Waals surface area contributed by atoms with Gasteiger partial charge in [-0.2, -0.15) is 0 Å². The lowest BCUT2D eigenvalue weighted by molar-refractivity contribution is 0.0951. The van der Waals surface area contributed by atoms with Crippen molar-refractivity contribution in [2.24, 2.45) is 0 Å². The van der Waals surface area contributed by atoms with Gasteiger partial charge >= 0.3 is 0 Å². The summed E-state index contributed by atoms with van der Waals surface area (Å²) in [5.74, 6) is -0.343. The van der Waals surface area contributed by atoms with Gasteiger partial charge in [0.2, 0.25) is 0 Å². The van der Waals surface area contributed by atoms with E-state index in [0.717, 1.165) is 4.88 Å². The van der Waals surface area contributed by atoms with Crippen LogP contribution in [0.3, 0.4) is 0 Å². The second-order valence-electron chi connectivity index (χ2n) is 3.42. The van der Waals surface area contributed by atoms with Crippen molar-refractivity contribution in [2.75, 3.05) is 5.73 Å². The zero-order valence-electron chi connectivity index (χ0n) is 8.88. The highest BCUT2D eigenvalue weighted by molar-refractivity contribution is 7.09. The number of phenolic OH excluding ortho intramolecular Hbond substituents is 1. The average molecular weight is 249 g/mol. The van der Waals surface area contributed by atoms with Gasteiger partial charge in [-0.05, 0) is 18.2 Å². The summed E-state index contributed by atoms with van der Waals surface area (Å²) in [6.45, 7) is 0.425. The van der Waals surface area contributed by atoms with Crippen LogP contribution in [0.15, 0.2) is 29.9 Å². The summed E-state index contributed by atoms with van der Waals surface area (Å²) >= 11 is 1.47. The van der Waals surface area contributed by atoms with Crippen molar-refractivity contribution in [3.63, 3.8) is 0 Å². The molecule has 2 aromatic rings. The number of anilines is 1. The number of hydrogen-bond donors (Lipinski definition) is 3. The first-order chi connectivity index (χ1) is 8.16. The maximum absolute atomic E-state index is 11.7. The Morgan fingerprint density at radius 2 is 2.35 bits per heavy atom. The minimum Gasteiger partial charge on any atom is -0.506 e. The lowest BCUT2D eigenvalue weighted by Gasteiger charge is -2.05. The van der Waals surface area contributed by atoms with Crippen molar-refractivity contribution < 1.29 is 9.90 Å². The monoisotopic (exact) mass is 249 g/mol. The van der Waals surface area contributed by atoms with Gasteiger partial charge in [-0.15, -0.1) is 11.3 Å². The number of aromatic hydroxyl groups is 1. The van der Waals surface area contributed by atoms with Gasteiger partial charge in [0.05, 0.1) is 17.7 Å². The number of nitrogens with zero attached hydrogens (tertiary/aromatic N) is 1. The van der Waals surface area contributed by atoms with Crippen LogP contribution < -0.4 is 11.1 Å². The first kappa shape index (κ1) is 11.4. The topological polar surface area (TPSA) is 88.2 Å². The molecular weight excluding hydrogens is 238 g/mol. The number of amides is 1. The number of thiazole rings is 1. The fraction of sp³-hybridized carbons (Fsp3) is 0.0909. The van der Waals surface area contributed by atoms with E-state index in [9.17, 15) is 9.90 Å². The molecule has 0 aliphatic rings. The molecule has 0 saturated heterocycles. The molecule has 0 radical (unpaired) electrons. The standard InChI is InChI=1S/C11H11N3O2S/c12-9-2-1-7(3-10(9)15)11(16)14-5-8-4-13-6-17-8/h1-4,6,15H,5,12H2,(H,14,16). The SMILES string of the molecule is Nc1ccc(C(=O)NCc2cncs2)cc1O. The van der Waals surface area contributed by atoms with Gasteiger partial charge in [-0.25, -0.2) is 0 Å². The Morgan fingerprint density at radius 1 is 1.53 bits per heavy atom. The molecule has 6 heteroatoms. The third-order valence-electron chi connectivity index (χ3n) is 2.20. The Hall–Kier alpha value is -2.08. The highest BCUT2D eigenvalue weighted by Crippen LogP contribution is 2.20. The quantitative estimate of drug-likeness (QED) is 0.566. The maximum Gasteiger partial charge on any atom is 0.251 e. The summed E-state index contributed by atoms with van der Waals surface area (Å²) in [6, 6.07) is 4.41. The normalized spacial score (nSPS) is 10.1. The van der Waals surface area contributed by atoms with Gasteiger partial charge in [0.25, 0.3) is 5.91 Å². The molecular formula is C11H11N3O2S. The van der Waals surface area contributed by atoms with E-state index in [1.807, 2.05) is 0 Å². The highest BCUT2D eigenvalue weighted by Gasteiger charge is 2.07. The molecule has 0 spiro atoms. The van der Waals surface area contributed by atoms with Crippen molar-refractivity contribution in [1.29, 1.82) is 0 Å². The second kappa shape index (κ2) is 4.84. The largest absolute Gasteiger partial charge is 0.506 e. The number of nitrogens with one attached hydrogen (secondary N) is 1. The Labute approximate surface area is 102 Å². The van der Waals surface area contributed by atoms with Crippen LogP contribution >= 0.6 is 11.3 Å². The summed E-state index contributed by atoms with van der Waals surface area (Å²) in [5.41, 5.74) is 7.79. The zero-order chi connectivity index (χ0) is 12.3. The van der Waals surface area contributed by atoms with E-state index in [0.29, 0.717) is 12.1 Å². The van der Waals surface area contributed by atoms with Crippen LogP contribution in [-0.4, -0.2) is 16.0 Å². The van der Waals surface area contributed by atoms with Crippen molar-refractivity contribution >= 4 is 22.9 Å². The van der Waals surface area contributed by atoms with E-state index >= 15 is 0 Å². The van der Waals surface area contributed by atoms with Crippen molar-refractivity contribution in [2.45, 2.75) is 6.54 Å². The van der Waals surface area contributed by atoms with Crippen molar-refractivity contribution in [1.82, 2.24) is 10.3 Å². The van der Waals surface area contributed by atoms with Crippen molar-refractivity contribution in [3.05, 3.63) is 40.3 Å². The lowest BCUT2D eigenvalue weighted by Crippen LogP contribution is -2.22. The molecule has 0 unspecified atom stereocenters. The van der Waals surface area contributed by atoms with E-state index in [2.05, 4.69) is 10.3 Å². The van der Waals surface area contributed by atoms with Crippen LogP contribution in [0.4, 0.5) is 5.69 Å². The van der Waals surface area contributed by atoms with Crippen LogP contribution in [0, 0.1) is 0 Å². The molecule has 5 nitrogen and oxygen atoms in total. The number of carbonyl (C=O) groups excluding carboxylic acids is 1. The van der Waals surface area contributed by atoms with Crippen LogP contribution in [-0.2, 0) is 6.54 Å². The number of nitrogens with two attached hydrogens (primary N) is 1. The van der Waals surface area contributed by atoms with Gasteiger partial charge in [-0.3, -0.25) is 9.78 Å². The summed E-state index contributed by atoms with van der Waals surface area (Å²) in [4.78, 5) is 16.6. The van der Waals surface area contributed by atoms with Crippen LogP contribution in [0.2, 0.25) is 0 Å². The Balaban J connectivity index is 2.02. The molecule has 17 heavy (non-hydrogen) atoms. The number of rotatable bonds is 3. The minimum absolute atomic E-state index is 0.0876. The number of hydrogen-bond acceptors (Lipinski definition) is 5. The van der Waals surface area contributed by atoms with E-state index in [-0.39, 0.29) is 17.3 Å². The minimum atomic E-state index is -0.256. The van der Waals surface area contributed by atoms with Crippen molar-refractivity contribution in [3.8, 4) is 5.75 Å². The number of aromatic nitrogens is 1. The van der Waals surface area contributed by atoms with E-state index in [4.69, 9.17) is 5.73 Å². The molecule has 0 saturated carbocycles. The van der Waals surface area contributed by atoms with Gasteiger partial charge in [0, 0.05) is 16.6 Å². The molecule has 2 rings (SSSR count). The Kier molecular flexibility index (Phi) is 3.24. The first-order valence-corrected chi connectivity index (χ1v) is 5.79. The molecule has 0 aliphatic carbocycles. The van der Waals surface area contributed by atoms with Crippen LogP contribution in [0.5, 0.6) is 5.75 Å². The van der Waals surface area contributed by atoms with Gasteiger partial charge in [0.1, 0.15) is 5.75 Å². The third kappa shape index (κ3) is 2.73. The summed E-state index contributed by atoms with van der Waals surface area (Å²) < 4.78 is 0. The Bertz CT molecular complexity index is 526. The fourth-order valence-electron chi connectivity index (χ4n) is 1.28. The molecule has 1 amide bonds. The second-order valence-corrected chi connectivity index (χ2v) is 4.39. The molecule has 0 fully saturated rings. The predicted octanol–water partition coefficient (Wildman–Crippen LogP) is 1.36. The van der Waals surface area contributed by atoms with Gasteiger partial charge < -0.3 is 16.2 Å². The van der Waals surface area contributed by atoms with Gasteiger partial charge in [-0.1, -0.05) is 0 Å². The zero-order valence-corrected chi connectivity index (χ0v) is 9.70. The van der Waals surface area contributed by atoms with Crippen LogP contribution in [0.25, 0.3) is 0 Å². The molecule has 0 atom stereocenters. The lowest BCUT2D eigenvalue weighted by atomic mass is 10.2. The Morgan fingerprint density at radius 3 is 3.00 bits per heavy atom. The molecule has 0 aliphatic heterocycles. The molecule has 1 aromatic carbocycles. The van der Waals surface area contributed by atoms with E-state index in [1.54, 1.807) is 17.8 Å². The molecule has 0 bridgehead atoms. The summed E-state index contributed by atoms with van der Waals surface area (Å²) in [6.07, 6.45) is 1.70. The van der Waals surface area contributed by atoms with Crippen LogP contribution in [0.1, 0.15) is 15.2 Å². The van der Waals surface area contributed by atoms with E-state index < -0.39 is 0 Å². The molecule has 1 aromatic heterocycles. The summed E-state index contributed by atoms with van der Waals surface area (Å²) in [5, 5.41) is 12.1. The number of nitrogen functional groups attached to an aromatic ring is 1.